The zero-order chi connectivity index (χ0) is 14.0. The molecule has 0 bridgehead atoms. The number of aryl methyl sites for hydroxylation is 1. The molecule has 3 rings (SSSR count). The first-order chi connectivity index (χ1) is 9.76. The van der Waals surface area contributed by atoms with Crippen LogP contribution in [0, 0.1) is 0 Å². The van der Waals surface area contributed by atoms with E-state index in [4.69, 9.17) is 0 Å². The fourth-order valence-corrected chi connectivity index (χ4v) is 2.72. The highest BCUT2D eigenvalue weighted by atomic mass is 16.2. The molecular formula is C18H19NO. The lowest BCUT2D eigenvalue weighted by atomic mass is 9.95. The van der Waals surface area contributed by atoms with Crippen LogP contribution in [0.4, 0.5) is 5.69 Å². The van der Waals surface area contributed by atoms with Crippen LogP contribution in [-0.2, 0) is 16.6 Å². The Morgan fingerprint density at radius 3 is 2.35 bits per heavy atom. The molecule has 1 N–H and O–H groups in total. The van der Waals surface area contributed by atoms with E-state index in [0.717, 1.165) is 30.5 Å². The van der Waals surface area contributed by atoms with Gasteiger partial charge in [0.05, 0.1) is 5.41 Å². The summed E-state index contributed by atoms with van der Waals surface area (Å²) in [5.74, 6) is 0.129. The van der Waals surface area contributed by atoms with Crippen molar-refractivity contribution >= 4 is 11.6 Å². The maximum atomic E-state index is 12.7. The Morgan fingerprint density at radius 1 is 1.05 bits per heavy atom. The van der Waals surface area contributed by atoms with Crippen LogP contribution in [0.5, 0.6) is 0 Å². The highest BCUT2D eigenvalue weighted by Crippen LogP contribution is 2.49. The van der Waals surface area contributed by atoms with E-state index in [-0.39, 0.29) is 11.3 Å². The topological polar surface area (TPSA) is 29.1 Å². The number of para-hydroxylation sites is 1. The zero-order valence-electron chi connectivity index (χ0n) is 11.7. The van der Waals surface area contributed by atoms with E-state index in [0.29, 0.717) is 0 Å². The Balaban J connectivity index is 1.84. The van der Waals surface area contributed by atoms with Crippen LogP contribution < -0.4 is 5.32 Å². The van der Waals surface area contributed by atoms with Gasteiger partial charge in [0, 0.05) is 5.69 Å². The number of nitrogens with one attached hydrogen (secondary N) is 1. The van der Waals surface area contributed by atoms with Gasteiger partial charge in [0.2, 0.25) is 5.91 Å². The van der Waals surface area contributed by atoms with Gasteiger partial charge in [0.1, 0.15) is 0 Å². The Labute approximate surface area is 119 Å². The number of rotatable bonds is 4. The summed E-state index contributed by atoms with van der Waals surface area (Å²) in [4.78, 5) is 12.7. The highest BCUT2D eigenvalue weighted by Gasteiger charge is 2.51. The number of carbonyl (C=O) groups excluding carboxylic acids is 1. The molecule has 0 unspecified atom stereocenters. The summed E-state index contributed by atoms with van der Waals surface area (Å²) in [5.41, 5.74) is 2.96. The standard InChI is InChI=1S/C18H19NO/c1-2-14-8-6-7-11-16(14)19-17(20)18(12-13-18)15-9-4-3-5-10-15/h3-11H,2,12-13H2,1H3,(H,19,20). The Bertz CT molecular complexity index is 614. The second kappa shape index (κ2) is 5.12. The molecule has 0 aliphatic heterocycles. The summed E-state index contributed by atoms with van der Waals surface area (Å²) < 4.78 is 0. The fourth-order valence-electron chi connectivity index (χ4n) is 2.72. The van der Waals surface area contributed by atoms with E-state index in [9.17, 15) is 4.79 Å². The smallest absolute Gasteiger partial charge is 0.235 e. The molecule has 1 saturated carbocycles. The van der Waals surface area contributed by atoms with Crippen molar-refractivity contribution < 1.29 is 4.79 Å². The number of carbonyl (C=O) groups is 1. The predicted molar refractivity (Wildman–Crippen MR) is 81.8 cm³/mol. The summed E-state index contributed by atoms with van der Waals surface area (Å²) in [6.45, 7) is 2.11. The van der Waals surface area contributed by atoms with E-state index in [1.54, 1.807) is 0 Å². The number of amides is 1. The van der Waals surface area contributed by atoms with Gasteiger partial charge in [0.25, 0.3) is 0 Å². The summed E-state index contributed by atoms with van der Waals surface area (Å²) in [6.07, 6.45) is 2.81. The van der Waals surface area contributed by atoms with Crippen molar-refractivity contribution in [3.8, 4) is 0 Å². The van der Waals surface area contributed by atoms with E-state index in [1.165, 1.54) is 5.56 Å². The molecule has 2 heteroatoms. The third-order valence-corrected chi connectivity index (χ3v) is 4.16. The molecule has 102 valence electrons. The largest absolute Gasteiger partial charge is 0.325 e. The molecule has 20 heavy (non-hydrogen) atoms. The average molecular weight is 265 g/mol. The molecule has 2 nitrogen and oxygen atoms in total. The minimum absolute atomic E-state index is 0.129. The first kappa shape index (κ1) is 12.9. The van der Waals surface area contributed by atoms with Crippen LogP contribution in [0.2, 0.25) is 0 Å². The van der Waals surface area contributed by atoms with Crippen LogP contribution in [0.15, 0.2) is 54.6 Å². The molecule has 0 atom stereocenters. The maximum Gasteiger partial charge on any atom is 0.235 e. The minimum Gasteiger partial charge on any atom is -0.325 e. The molecule has 2 aromatic carbocycles. The van der Waals surface area contributed by atoms with Crippen molar-refractivity contribution in [3.05, 3.63) is 65.7 Å². The van der Waals surface area contributed by atoms with Crippen molar-refractivity contribution in [3.63, 3.8) is 0 Å². The molecule has 0 aromatic heterocycles. The van der Waals surface area contributed by atoms with Crippen molar-refractivity contribution in [1.29, 1.82) is 0 Å². The predicted octanol–water partition coefficient (Wildman–Crippen LogP) is 3.92. The zero-order valence-corrected chi connectivity index (χ0v) is 11.7. The highest BCUT2D eigenvalue weighted by molar-refractivity contribution is 6.01. The Hall–Kier alpha value is -2.09. The lowest BCUT2D eigenvalue weighted by Crippen LogP contribution is -2.28. The minimum atomic E-state index is -0.303. The van der Waals surface area contributed by atoms with Gasteiger partial charge >= 0.3 is 0 Å². The lowest BCUT2D eigenvalue weighted by molar-refractivity contribution is -0.118. The van der Waals surface area contributed by atoms with Gasteiger partial charge < -0.3 is 5.32 Å². The van der Waals surface area contributed by atoms with Gasteiger partial charge in [-0.3, -0.25) is 4.79 Å². The van der Waals surface area contributed by atoms with Crippen LogP contribution in [0.25, 0.3) is 0 Å². The number of hydrogen-bond donors (Lipinski definition) is 1. The van der Waals surface area contributed by atoms with Crippen LogP contribution in [0.3, 0.4) is 0 Å². The quantitative estimate of drug-likeness (QED) is 0.892. The van der Waals surface area contributed by atoms with Gasteiger partial charge in [-0.15, -0.1) is 0 Å². The molecule has 1 aliphatic rings. The fraction of sp³-hybridized carbons (Fsp3) is 0.278. The molecule has 0 radical (unpaired) electrons. The Morgan fingerprint density at radius 2 is 1.70 bits per heavy atom. The third kappa shape index (κ3) is 2.22. The molecule has 1 fully saturated rings. The Kier molecular flexibility index (Phi) is 3.31. The van der Waals surface area contributed by atoms with Crippen molar-refractivity contribution in [2.45, 2.75) is 31.6 Å². The van der Waals surface area contributed by atoms with Crippen molar-refractivity contribution in [1.82, 2.24) is 0 Å². The molecule has 1 amide bonds. The summed E-state index contributed by atoms with van der Waals surface area (Å²) >= 11 is 0. The molecule has 2 aromatic rings. The first-order valence-corrected chi connectivity index (χ1v) is 7.21. The average Bonchev–Trinajstić information content (AvgIpc) is 3.30. The monoisotopic (exact) mass is 265 g/mol. The number of anilines is 1. The van der Waals surface area contributed by atoms with Gasteiger partial charge in [-0.2, -0.15) is 0 Å². The van der Waals surface area contributed by atoms with Gasteiger partial charge in [-0.1, -0.05) is 55.5 Å². The number of hydrogen-bond acceptors (Lipinski definition) is 1. The first-order valence-electron chi connectivity index (χ1n) is 7.21. The molecule has 0 spiro atoms. The molecule has 1 aliphatic carbocycles. The van der Waals surface area contributed by atoms with Gasteiger partial charge in [-0.25, -0.2) is 0 Å². The second-order valence-electron chi connectivity index (χ2n) is 5.41. The maximum absolute atomic E-state index is 12.7. The van der Waals surface area contributed by atoms with Crippen LogP contribution >= 0.6 is 0 Å². The molecule has 0 saturated heterocycles. The normalized spacial score (nSPS) is 15.7. The molecular weight excluding hydrogens is 246 g/mol. The van der Waals surface area contributed by atoms with Gasteiger partial charge in [-0.05, 0) is 36.5 Å². The van der Waals surface area contributed by atoms with Gasteiger partial charge in [0.15, 0.2) is 0 Å². The lowest BCUT2D eigenvalue weighted by Gasteiger charge is -2.17. The van der Waals surface area contributed by atoms with Crippen LogP contribution in [-0.4, -0.2) is 5.91 Å². The SMILES string of the molecule is CCc1ccccc1NC(=O)C1(c2ccccc2)CC1. The van der Waals surface area contributed by atoms with E-state index < -0.39 is 0 Å². The summed E-state index contributed by atoms with van der Waals surface area (Å²) in [5, 5.41) is 3.12. The van der Waals surface area contributed by atoms with Crippen LogP contribution in [0.1, 0.15) is 30.9 Å². The second-order valence-corrected chi connectivity index (χ2v) is 5.41. The number of benzene rings is 2. The van der Waals surface area contributed by atoms with Crippen molar-refractivity contribution in [2.75, 3.05) is 5.32 Å². The molecule has 0 heterocycles. The van der Waals surface area contributed by atoms with E-state index >= 15 is 0 Å². The van der Waals surface area contributed by atoms with E-state index in [2.05, 4.69) is 30.4 Å². The third-order valence-electron chi connectivity index (χ3n) is 4.16. The summed E-state index contributed by atoms with van der Waals surface area (Å²) in [6, 6.07) is 18.1. The van der Waals surface area contributed by atoms with E-state index in [1.807, 2.05) is 36.4 Å². The summed E-state index contributed by atoms with van der Waals surface area (Å²) in [7, 11) is 0. The van der Waals surface area contributed by atoms with Crippen molar-refractivity contribution in [2.24, 2.45) is 0 Å².